The number of carboxylic acid groups (broad SMARTS) is 1. The molecule has 11 nitrogen and oxygen atoms in total. The number of aryl methyl sites for hydroxylation is 1. The number of nitrogens with one attached hydrogen (secondary N) is 1. The van der Waals surface area contributed by atoms with Crippen molar-refractivity contribution >= 4 is 31.2 Å². The second-order valence-corrected chi connectivity index (χ2v) is 18.4. The van der Waals surface area contributed by atoms with E-state index in [-0.39, 0.29) is 12.0 Å². The van der Waals surface area contributed by atoms with Crippen molar-refractivity contribution < 1.29 is 19.4 Å². The van der Waals surface area contributed by atoms with Gasteiger partial charge in [-0.2, -0.15) is 10.2 Å². The van der Waals surface area contributed by atoms with Crippen LogP contribution in [0.1, 0.15) is 42.3 Å². The van der Waals surface area contributed by atoms with Crippen LogP contribution in [-0.2, 0) is 24.3 Å². The van der Waals surface area contributed by atoms with Crippen LogP contribution >= 0.6 is 11.3 Å². The number of pyridine rings is 1. The molecule has 1 amide bonds. The summed E-state index contributed by atoms with van der Waals surface area (Å²) in [6.07, 6.45) is 4.59. The highest BCUT2D eigenvalue weighted by Crippen LogP contribution is 2.41. The molecule has 214 valence electrons. The van der Waals surface area contributed by atoms with Crippen LogP contribution in [0.15, 0.2) is 18.6 Å². The van der Waals surface area contributed by atoms with Crippen LogP contribution in [0.4, 0.5) is 4.79 Å². The van der Waals surface area contributed by atoms with E-state index in [1.807, 2.05) is 16.9 Å². The van der Waals surface area contributed by atoms with Crippen LogP contribution in [0.5, 0.6) is 5.75 Å². The number of hydrogen-bond acceptors (Lipinski definition) is 8. The molecule has 5 rings (SSSR count). The number of methoxy groups -OCH3 is 1. The van der Waals surface area contributed by atoms with Gasteiger partial charge in [-0.3, -0.25) is 0 Å². The molecule has 40 heavy (non-hydrogen) atoms. The van der Waals surface area contributed by atoms with Gasteiger partial charge in [0.15, 0.2) is 11.4 Å². The highest BCUT2D eigenvalue weighted by Gasteiger charge is 2.29. The Morgan fingerprint density at radius 2 is 2.12 bits per heavy atom. The Morgan fingerprint density at radius 3 is 2.83 bits per heavy atom. The van der Waals surface area contributed by atoms with Crippen molar-refractivity contribution in [2.24, 2.45) is 0 Å². The number of ether oxygens (including phenoxy) is 2. The van der Waals surface area contributed by atoms with E-state index in [0.717, 1.165) is 57.0 Å². The summed E-state index contributed by atoms with van der Waals surface area (Å²) in [5.74, 6) is 0.765. The fourth-order valence-electron chi connectivity index (χ4n) is 5.06. The maximum absolute atomic E-state index is 11.2. The standard InChI is InChI=1S/C27H37N7O4SSi/c1-16(2)22-23(26-31-19-8-7-18(30-27(35)36)12-21(19)39-26)32-34(15-38-9-10-40(4,5)6)24(22)17-11-20(37-3)25-28-14-29-33(25)13-17/h11,13-14,16,18,30H,7-10,12,15H2,1-6H3,(H,35,36). The van der Waals surface area contributed by atoms with E-state index in [2.05, 4.69) is 48.9 Å². The SMILES string of the molecule is COc1cc(-c2c(C(C)C)c(-c3nc4c(s3)CC(NC(=O)O)CC4)nn2COCC[Si](C)(C)C)cn2ncnc12. The van der Waals surface area contributed by atoms with Gasteiger partial charge < -0.3 is 19.9 Å². The van der Waals surface area contributed by atoms with Crippen molar-refractivity contribution in [1.29, 1.82) is 0 Å². The third kappa shape index (κ3) is 5.91. The largest absolute Gasteiger partial charge is 0.493 e. The Hall–Kier alpha value is -3.29. The second-order valence-electron chi connectivity index (χ2n) is 11.7. The molecule has 0 saturated carbocycles. The molecular weight excluding hydrogens is 546 g/mol. The van der Waals surface area contributed by atoms with Gasteiger partial charge >= 0.3 is 6.09 Å². The minimum Gasteiger partial charge on any atom is -0.493 e. The lowest BCUT2D eigenvalue weighted by Gasteiger charge is -2.20. The zero-order valence-corrected chi connectivity index (χ0v) is 25.7. The number of amides is 1. The van der Waals surface area contributed by atoms with E-state index in [0.29, 0.717) is 31.2 Å². The second kappa shape index (κ2) is 11.3. The Bertz CT molecular complexity index is 1520. The van der Waals surface area contributed by atoms with Gasteiger partial charge in [0, 0.05) is 49.3 Å². The van der Waals surface area contributed by atoms with Gasteiger partial charge in [0.1, 0.15) is 23.8 Å². The zero-order chi connectivity index (χ0) is 28.6. The van der Waals surface area contributed by atoms with Crippen LogP contribution in [-0.4, -0.2) is 68.4 Å². The van der Waals surface area contributed by atoms with Crippen LogP contribution in [0.3, 0.4) is 0 Å². The molecule has 4 aromatic rings. The molecular formula is C27H37N7O4SSi. The first-order valence-electron chi connectivity index (χ1n) is 13.6. The Morgan fingerprint density at radius 1 is 1.32 bits per heavy atom. The predicted octanol–water partition coefficient (Wildman–Crippen LogP) is 5.29. The van der Waals surface area contributed by atoms with E-state index in [4.69, 9.17) is 19.6 Å². The van der Waals surface area contributed by atoms with E-state index >= 15 is 0 Å². The molecule has 4 heterocycles. The molecule has 13 heteroatoms. The van der Waals surface area contributed by atoms with E-state index < -0.39 is 14.2 Å². The van der Waals surface area contributed by atoms with E-state index in [1.165, 1.54) is 6.33 Å². The molecule has 0 radical (unpaired) electrons. The molecule has 1 unspecified atom stereocenters. The first-order valence-corrected chi connectivity index (χ1v) is 18.1. The van der Waals surface area contributed by atoms with E-state index in [9.17, 15) is 9.90 Å². The minimum absolute atomic E-state index is 0.0994. The molecule has 4 aromatic heterocycles. The molecule has 0 aromatic carbocycles. The van der Waals surface area contributed by atoms with Gasteiger partial charge in [0.05, 0.1) is 18.5 Å². The molecule has 1 aliphatic carbocycles. The molecule has 0 spiro atoms. The molecule has 0 saturated heterocycles. The summed E-state index contributed by atoms with van der Waals surface area (Å²) in [6.45, 7) is 12.3. The molecule has 0 fully saturated rings. The Balaban J connectivity index is 1.59. The van der Waals surface area contributed by atoms with E-state index in [1.54, 1.807) is 23.0 Å². The maximum atomic E-state index is 11.2. The van der Waals surface area contributed by atoms with Crippen molar-refractivity contribution in [3.8, 4) is 27.7 Å². The quantitative estimate of drug-likeness (QED) is 0.190. The lowest BCUT2D eigenvalue weighted by molar-refractivity contribution is 0.0799. The van der Waals surface area contributed by atoms with Gasteiger partial charge in [-0.25, -0.2) is 24.0 Å². The summed E-state index contributed by atoms with van der Waals surface area (Å²) < 4.78 is 15.5. The normalized spacial score (nSPS) is 15.5. The fourth-order valence-corrected chi connectivity index (χ4v) is 7.00. The van der Waals surface area contributed by atoms with Gasteiger partial charge in [0.25, 0.3) is 0 Å². The van der Waals surface area contributed by atoms with Crippen LogP contribution < -0.4 is 10.1 Å². The first kappa shape index (κ1) is 28.2. The molecule has 1 atom stereocenters. The first-order chi connectivity index (χ1) is 19.0. The fraction of sp³-hybridized carbons (Fsp3) is 0.519. The third-order valence-corrected chi connectivity index (χ3v) is 9.91. The summed E-state index contributed by atoms with van der Waals surface area (Å²) in [4.78, 5) is 21.7. The lowest BCUT2D eigenvalue weighted by atomic mass is 9.96. The summed E-state index contributed by atoms with van der Waals surface area (Å²) in [5.41, 5.74) is 5.42. The average molecular weight is 584 g/mol. The summed E-state index contributed by atoms with van der Waals surface area (Å²) in [7, 11) is 0.384. The van der Waals surface area contributed by atoms with Crippen molar-refractivity contribution in [3.05, 3.63) is 34.7 Å². The number of aromatic nitrogens is 6. The molecule has 2 N–H and O–H groups in total. The molecule has 1 aliphatic rings. The van der Waals surface area contributed by atoms with Gasteiger partial charge in [-0.15, -0.1) is 11.3 Å². The number of nitrogens with zero attached hydrogens (tertiary/aromatic N) is 6. The maximum Gasteiger partial charge on any atom is 0.404 e. The lowest BCUT2D eigenvalue weighted by Crippen LogP contribution is -2.37. The average Bonchev–Trinajstić information content (AvgIpc) is 3.61. The highest BCUT2D eigenvalue weighted by molar-refractivity contribution is 7.15. The van der Waals surface area contributed by atoms with Gasteiger partial charge in [-0.05, 0) is 30.9 Å². The topological polar surface area (TPSA) is 129 Å². The minimum atomic E-state index is -1.25. The number of rotatable bonds is 10. The Labute approximate surface area is 238 Å². The molecule has 0 bridgehead atoms. The predicted molar refractivity (Wildman–Crippen MR) is 157 cm³/mol. The van der Waals surface area contributed by atoms with Gasteiger partial charge in [0.2, 0.25) is 0 Å². The van der Waals surface area contributed by atoms with Crippen LogP contribution in [0.2, 0.25) is 25.7 Å². The van der Waals surface area contributed by atoms with Crippen LogP contribution in [0, 0.1) is 0 Å². The number of thiazole rings is 1. The highest BCUT2D eigenvalue weighted by atomic mass is 32.1. The van der Waals surface area contributed by atoms with Crippen LogP contribution in [0.25, 0.3) is 27.6 Å². The van der Waals surface area contributed by atoms with Gasteiger partial charge in [-0.1, -0.05) is 33.5 Å². The smallest absolute Gasteiger partial charge is 0.404 e. The number of carbonyl (C=O) groups is 1. The number of hydrogen-bond donors (Lipinski definition) is 2. The zero-order valence-electron chi connectivity index (χ0n) is 23.9. The summed E-state index contributed by atoms with van der Waals surface area (Å²) >= 11 is 1.60. The van der Waals surface area contributed by atoms with Crippen molar-refractivity contribution in [3.63, 3.8) is 0 Å². The summed E-state index contributed by atoms with van der Waals surface area (Å²) in [5, 5.41) is 22.1. The van der Waals surface area contributed by atoms with Crippen molar-refractivity contribution in [2.75, 3.05) is 13.7 Å². The monoisotopic (exact) mass is 583 g/mol. The third-order valence-electron chi connectivity index (χ3n) is 7.08. The Kier molecular flexibility index (Phi) is 7.98. The van der Waals surface area contributed by atoms with Crippen molar-refractivity contribution in [1.82, 2.24) is 34.7 Å². The van der Waals surface area contributed by atoms with Crippen molar-refractivity contribution in [2.45, 2.75) is 77.5 Å². The molecule has 0 aliphatic heterocycles. The summed E-state index contributed by atoms with van der Waals surface area (Å²) in [6, 6.07) is 2.94. The number of fused-ring (bicyclic) bond motifs is 2.